The van der Waals surface area contributed by atoms with E-state index in [1.807, 2.05) is 6.07 Å². The van der Waals surface area contributed by atoms with Crippen LogP contribution in [0.15, 0.2) is 29.0 Å². The van der Waals surface area contributed by atoms with Gasteiger partial charge >= 0.3 is 0 Å². The van der Waals surface area contributed by atoms with Gasteiger partial charge in [-0.1, -0.05) is 12.1 Å². The number of nitriles is 1. The van der Waals surface area contributed by atoms with E-state index in [1.165, 1.54) is 17.1 Å². The number of hydrogen-bond donors (Lipinski definition) is 0. The fourth-order valence-corrected chi connectivity index (χ4v) is 1.66. The molecule has 1 heterocycles. The molecule has 0 unspecified atom stereocenters. The molecule has 0 bridgehead atoms. The van der Waals surface area contributed by atoms with Crippen LogP contribution < -0.4 is 0 Å². The van der Waals surface area contributed by atoms with Crippen LogP contribution in [-0.2, 0) is 6.54 Å². The van der Waals surface area contributed by atoms with Gasteiger partial charge in [-0.15, -0.1) is 5.10 Å². The van der Waals surface area contributed by atoms with E-state index in [0.717, 1.165) is 5.56 Å². The number of halogens is 2. The Bertz CT molecular complexity index is 558. The third kappa shape index (κ3) is 2.09. The van der Waals surface area contributed by atoms with E-state index in [1.54, 1.807) is 12.1 Å². The van der Waals surface area contributed by atoms with Gasteiger partial charge < -0.3 is 0 Å². The second kappa shape index (κ2) is 4.41. The second-order valence-corrected chi connectivity index (χ2v) is 3.88. The minimum absolute atomic E-state index is 0.104. The molecule has 16 heavy (non-hydrogen) atoms. The van der Waals surface area contributed by atoms with Gasteiger partial charge in [0.1, 0.15) is 18.2 Å². The third-order valence-electron chi connectivity index (χ3n) is 2.00. The Morgan fingerprint density at radius 2 is 2.31 bits per heavy atom. The zero-order valence-corrected chi connectivity index (χ0v) is 9.65. The van der Waals surface area contributed by atoms with Crippen molar-refractivity contribution in [3.05, 3.63) is 46.2 Å². The predicted octanol–water partition coefficient (Wildman–Crippen LogP) is 2.10. The van der Waals surface area contributed by atoms with Gasteiger partial charge in [0.05, 0.1) is 11.0 Å². The zero-order chi connectivity index (χ0) is 11.5. The SMILES string of the molecule is N#Cc1ncn(Cc2cccc(F)c2Br)n1. The highest BCUT2D eigenvalue weighted by atomic mass is 79.9. The largest absolute Gasteiger partial charge is 0.252 e. The summed E-state index contributed by atoms with van der Waals surface area (Å²) in [5.74, 6) is -0.217. The Morgan fingerprint density at radius 3 is 3.00 bits per heavy atom. The van der Waals surface area contributed by atoms with Crippen molar-refractivity contribution in [3.8, 4) is 6.07 Å². The van der Waals surface area contributed by atoms with Gasteiger partial charge in [0.15, 0.2) is 0 Å². The molecule has 0 aliphatic heterocycles. The lowest BCUT2D eigenvalue weighted by molar-refractivity contribution is 0.611. The highest BCUT2D eigenvalue weighted by Gasteiger charge is 2.06. The number of aromatic nitrogens is 3. The Labute approximate surface area is 99.5 Å². The summed E-state index contributed by atoms with van der Waals surface area (Å²) in [5.41, 5.74) is 0.745. The highest BCUT2D eigenvalue weighted by molar-refractivity contribution is 9.10. The van der Waals surface area contributed by atoms with Gasteiger partial charge in [0.2, 0.25) is 0 Å². The molecule has 1 aromatic carbocycles. The predicted molar refractivity (Wildman–Crippen MR) is 57.9 cm³/mol. The highest BCUT2D eigenvalue weighted by Crippen LogP contribution is 2.20. The fourth-order valence-electron chi connectivity index (χ4n) is 1.27. The van der Waals surface area contributed by atoms with Crippen molar-refractivity contribution in [2.24, 2.45) is 0 Å². The van der Waals surface area contributed by atoms with E-state index < -0.39 is 0 Å². The number of hydrogen-bond acceptors (Lipinski definition) is 3. The van der Waals surface area contributed by atoms with Crippen LogP contribution in [0, 0.1) is 17.1 Å². The summed E-state index contributed by atoms with van der Waals surface area (Å²) in [7, 11) is 0. The molecule has 0 amide bonds. The first kappa shape index (κ1) is 10.8. The van der Waals surface area contributed by atoms with Crippen LogP contribution in [0.2, 0.25) is 0 Å². The average Bonchev–Trinajstić information content (AvgIpc) is 2.73. The first-order valence-electron chi connectivity index (χ1n) is 4.43. The van der Waals surface area contributed by atoms with Crippen LogP contribution in [0.4, 0.5) is 4.39 Å². The maximum atomic E-state index is 13.2. The molecule has 0 N–H and O–H groups in total. The monoisotopic (exact) mass is 280 g/mol. The first-order valence-corrected chi connectivity index (χ1v) is 5.22. The molecule has 0 aliphatic rings. The minimum atomic E-state index is -0.321. The molecule has 0 spiro atoms. The fraction of sp³-hybridized carbons (Fsp3) is 0.100. The smallest absolute Gasteiger partial charge is 0.247 e. The lowest BCUT2D eigenvalue weighted by atomic mass is 10.2. The second-order valence-electron chi connectivity index (χ2n) is 3.09. The van der Waals surface area contributed by atoms with Crippen LogP contribution in [0.25, 0.3) is 0 Å². The molecule has 2 aromatic rings. The average molecular weight is 281 g/mol. The van der Waals surface area contributed by atoms with Crippen LogP contribution in [0.3, 0.4) is 0 Å². The van der Waals surface area contributed by atoms with Crippen molar-refractivity contribution < 1.29 is 4.39 Å². The lowest BCUT2D eigenvalue weighted by Crippen LogP contribution is -2.02. The normalized spacial score (nSPS) is 10.1. The van der Waals surface area contributed by atoms with E-state index in [-0.39, 0.29) is 11.6 Å². The summed E-state index contributed by atoms with van der Waals surface area (Å²) in [6.07, 6.45) is 1.44. The van der Waals surface area contributed by atoms with Gasteiger partial charge in [-0.2, -0.15) is 5.26 Å². The van der Waals surface area contributed by atoms with Gasteiger partial charge in [0.25, 0.3) is 5.82 Å². The molecule has 6 heteroatoms. The minimum Gasteiger partial charge on any atom is -0.247 e. The summed E-state index contributed by atoms with van der Waals surface area (Å²) in [4.78, 5) is 3.76. The molecule has 2 rings (SSSR count). The van der Waals surface area contributed by atoms with Crippen molar-refractivity contribution in [2.75, 3.05) is 0 Å². The van der Waals surface area contributed by atoms with Crippen LogP contribution >= 0.6 is 15.9 Å². The quantitative estimate of drug-likeness (QED) is 0.847. The molecule has 0 saturated carbocycles. The summed E-state index contributed by atoms with van der Waals surface area (Å²) in [6.45, 7) is 0.368. The Morgan fingerprint density at radius 1 is 1.50 bits per heavy atom. The molecule has 1 aromatic heterocycles. The number of benzene rings is 1. The van der Waals surface area contributed by atoms with Gasteiger partial charge in [0, 0.05) is 0 Å². The van der Waals surface area contributed by atoms with Crippen molar-refractivity contribution >= 4 is 15.9 Å². The number of rotatable bonds is 2. The molecule has 4 nitrogen and oxygen atoms in total. The van der Waals surface area contributed by atoms with Crippen molar-refractivity contribution in [2.45, 2.75) is 6.54 Å². The Balaban J connectivity index is 2.27. The summed E-state index contributed by atoms with van der Waals surface area (Å²) < 4.78 is 15.1. The third-order valence-corrected chi connectivity index (χ3v) is 2.89. The first-order chi connectivity index (χ1) is 7.70. The summed E-state index contributed by atoms with van der Waals surface area (Å²) in [5, 5.41) is 12.5. The molecule has 0 atom stereocenters. The molecule has 0 fully saturated rings. The van der Waals surface area contributed by atoms with E-state index in [4.69, 9.17) is 5.26 Å². The molecule has 0 radical (unpaired) electrons. The van der Waals surface area contributed by atoms with Crippen LogP contribution in [-0.4, -0.2) is 14.8 Å². The molecule has 0 saturated heterocycles. The van der Waals surface area contributed by atoms with Crippen LogP contribution in [0.5, 0.6) is 0 Å². The number of nitrogens with zero attached hydrogens (tertiary/aromatic N) is 4. The van der Waals surface area contributed by atoms with E-state index >= 15 is 0 Å². The van der Waals surface area contributed by atoms with Crippen molar-refractivity contribution in [1.29, 1.82) is 5.26 Å². The topological polar surface area (TPSA) is 54.5 Å². The summed E-state index contributed by atoms with van der Waals surface area (Å²) >= 11 is 3.16. The Hall–Kier alpha value is -1.74. The zero-order valence-electron chi connectivity index (χ0n) is 8.06. The van der Waals surface area contributed by atoms with E-state index in [9.17, 15) is 4.39 Å². The van der Waals surface area contributed by atoms with Gasteiger partial charge in [-0.3, -0.25) is 0 Å². The summed E-state index contributed by atoms with van der Waals surface area (Å²) in [6, 6.07) is 6.60. The molecular formula is C10H6BrFN4. The molecule has 80 valence electrons. The van der Waals surface area contributed by atoms with E-state index in [2.05, 4.69) is 26.0 Å². The lowest BCUT2D eigenvalue weighted by Gasteiger charge is -2.04. The van der Waals surface area contributed by atoms with Gasteiger partial charge in [-0.05, 0) is 27.6 Å². The van der Waals surface area contributed by atoms with Gasteiger partial charge in [-0.25, -0.2) is 14.1 Å². The Kier molecular flexibility index (Phi) is 2.97. The van der Waals surface area contributed by atoms with E-state index in [0.29, 0.717) is 11.0 Å². The van der Waals surface area contributed by atoms with Crippen molar-refractivity contribution in [1.82, 2.24) is 14.8 Å². The molecular weight excluding hydrogens is 275 g/mol. The van der Waals surface area contributed by atoms with Crippen LogP contribution in [0.1, 0.15) is 11.4 Å². The maximum absolute atomic E-state index is 13.2. The molecule has 0 aliphatic carbocycles. The van der Waals surface area contributed by atoms with Crippen molar-refractivity contribution in [3.63, 3.8) is 0 Å². The standard InChI is InChI=1S/C10H6BrFN4/c11-10-7(2-1-3-8(10)12)5-16-6-14-9(4-13)15-16/h1-3,6H,5H2. The maximum Gasteiger partial charge on any atom is 0.252 e.